The van der Waals surface area contributed by atoms with Gasteiger partial charge in [-0.3, -0.25) is 9.59 Å². The third-order valence-electron chi connectivity index (χ3n) is 2.18. The zero-order valence-electron chi connectivity index (χ0n) is 10.4. The molecule has 0 aliphatic carbocycles. The van der Waals surface area contributed by atoms with Crippen molar-refractivity contribution < 1.29 is 14.3 Å². The lowest BCUT2D eigenvalue weighted by molar-refractivity contribution is -0.116. The van der Waals surface area contributed by atoms with Crippen LogP contribution in [0.1, 0.15) is 0 Å². The lowest BCUT2D eigenvalue weighted by atomic mass is 10.2. The molecule has 2 amide bonds. The van der Waals surface area contributed by atoms with Crippen LogP contribution in [0, 0.1) is 0 Å². The minimum absolute atomic E-state index is 0.145. The summed E-state index contributed by atoms with van der Waals surface area (Å²) in [6, 6.07) is 4.55. The molecule has 20 heavy (non-hydrogen) atoms. The Labute approximate surface area is 130 Å². The molecule has 0 fully saturated rings. The SMILES string of the molecule is COc1cc(NC(=O)CN)ccc1NC(=O)C(Cl)(Cl)Cl. The number of anilines is 2. The summed E-state index contributed by atoms with van der Waals surface area (Å²) < 4.78 is 3.00. The molecular formula is C11H12Cl3N3O3. The van der Waals surface area contributed by atoms with E-state index in [4.69, 9.17) is 45.3 Å². The Morgan fingerprint density at radius 3 is 2.45 bits per heavy atom. The predicted molar refractivity (Wildman–Crippen MR) is 79.6 cm³/mol. The van der Waals surface area contributed by atoms with E-state index in [-0.39, 0.29) is 12.5 Å². The van der Waals surface area contributed by atoms with Crippen LogP contribution in [0.4, 0.5) is 11.4 Å². The second-order valence-electron chi connectivity index (χ2n) is 3.62. The van der Waals surface area contributed by atoms with E-state index in [0.29, 0.717) is 17.1 Å². The molecule has 110 valence electrons. The zero-order chi connectivity index (χ0) is 15.3. The average molecular weight is 341 g/mol. The van der Waals surface area contributed by atoms with Gasteiger partial charge >= 0.3 is 0 Å². The molecule has 0 atom stereocenters. The molecule has 0 aliphatic heterocycles. The lowest BCUT2D eigenvalue weighted by Crippen LogP contribution is -2.27. The highest BCUT2D eigenvalue weighted by Gasteiger charge is 2.31. The Bertz CT molecular complexity index is 517. The second kappa shape index (κ2) is 6.99. The molecule has 0 saturated heterocycles. The molecule has 9 heteroatoms. The minimum Gasteiger partial charge on any atom is -0.494 e. The highest BCUT2D eigenvalue weighted by atomic mass is 35.6. The van der Waals surface area contributed by atoms with E-state index in [0.717, 1.165) is 0 Å². The van der Waals surface area contributed by atoms with Crippen LogP contribution < -0.4 is 21.1 Å². The molecule has 0 aliphatic rings. The van der Waals surface area contributed by atoms with Gasteiger partial charge in [-0.15, -0.1) is 0 Å². The molecule has 1 aromatic carbocycles. The molecule has 0 unspecified atom stereocenters. The van der Waals surface area contributed by atoms with Gasteiger partial charge in [0.2, 0.25) is 5.91 Å². The van der Waals surface area contributed by atoms with Crippen LogP contribution in [0.3, 0.4) is 0 Å². The molecule has 0 heterocycles. The number of nitrogens with one attached hydrogen (secondary N) is 2. The average Bonchev–Trinajstić information content (AvgIpc) is 2.39. The highest BCUT2D eigenvalue weighted by Crippen LogP contribution is 2.32. The lowest BCUT2D eigenvalue weighted by Gasteiger charge is -2.15. The van der Waals surface area contributed by atoms with E-state index in [9.17, 15) is 9.59 Å². The number of ether oxygens (including phenoxy) is 1. The summed E-state index contributed by atoms with van der Waals surface area (Å²) in [7, 11) is 1.40. The van der Waals surface area contributed by atoms with Gasteiger partial charge in [0.25, 0.3) is 9.70 Å². The van der Waals surface area contributed by atoms with Crippen LogP contribution in [0.5, 0.6) is 5.75 Å². The van der Waals surface area contributed by atoms with Crippen LogP contribution >= 0.6 is 34.8 Å². The molecule has 0 bridgehead atoms. The molecule has 4 N–H and O–H groups in total. The number of nitrogens with two attached hydrogens (primary N) is 1. The standard InChI is InChI=1S/C11H12Cl3N3O3/c1-20-8-4-6(16-9(18)5-15)2-3-7(8)17-10(19)11(12,13)14/h2-4H,5,15H2,1H3,(H,16,18)(H,17,19). The maximum absolute atomic E-state index is 11.6. The van der Waals surface area contributed by atoms with Gasteiger partial charge in [-0.25, -0.2) is 0 Å². The molecule has 1 rings (SSSR count). The van der Waals surface area contributed by atoms with Crippen molar-refractivity contribution >= 4 is 58.0 Å². The number of carbonyl (C=O) groups excluding carboxylic acids is 2. The second-order valence-corrected chi connectivity index (χ2v) is 5.90. The summed E-state index contributed by atoms with van der Waals surface area (Å²) in [4.78, 5) is 22.7. The van der Waals surface area contributed by atoms with Gasteiger partial charge in [-0.05, 0) is 12.1 Å². The first kappa shape index (κ1) is 16.8. The molecule has 0 saturated carbocycles. The van der Waals surface area contributed by atoms with Gasteiger partial charge < -0.3 is 21.1 Å². The predicted octanol–water partition coefficient (Wildman–Crippen LogP) is 1.90. The molecule has 6 nitrogen and oxygen atoms in total. The molecular weight excluding hydrogens is 328 g/mol. The largest absolute Gasteiger partial charge is 0.494 e. The molecule has 0 aromatic heterocycles. The minimum atomic E-state index is -2.09. The maximum atomic E-state index is 11.6. The van der Waals surface area contributed by atoms with Crippen molar-refractivity contribution in [2.24, 2.45) is 5.73 Å². The highest BCUT2D eigenvalue weighted by molar-refractivity contribution is 6.76. The fourth-order valence-electron chi connectivity index (χ4n) is 1.28. The summed E-state index contributed by atoms with van der Waals surface area (Å²) in [5.74, 6) is -0.882. The number of alkyl halides is 3. The van der Waals surface area contributed by atoms with E-state index in [1.807, 2.05) is 0 Å². The first-order valence-electron chi connectivity index (χ1n) is 5.34. The first-order chi connectivity index (χ1) is 9.27. The summed E-state index contributed by atoms with van der Waals surface area (Å²) in [6.45, 7) is -0.145. The summed E-state index contributed by atoms with van der Waals surface area (Å²) in [5, 5.41) is 4.94. The number of hydrogen-bond acceptors (Lipinski definition) is 4. The van der Waals surface area contributed by atoms with Crippen molar-refractivity contribution in [3.05, 3.63) is 18.2 Å². The van der Waals surface area contributed by atoms with Gasteiger partial charge in [0.05, 0.1) is 19.3 Å². The Hall–Kier alpha value is -1.21. The Balaban J connectivity index is 2.94. The monoisotopic (exact) mass is 339 g/mol. The van der Waals surface area contributed by atoms with Crippen LogP contribution in [0.15, 0.2) is 18.2 Å². The zero-order valence-corrected chi connectivity index (χ0v) is 12.6. The number of hydrogen-bond donors (Lipinski definition) is 3. The Morgan fingerprint density at radius 2 is 1.95 bits per heavy atom. The van der Waals surface area contributed by atoms with E-state index >= 15 is 0 Å². The summed E-state index contributed by atoms with van der Waals surface area (Å²) in [5.41, 5.74) is 5.95. The first-order valence-corrected chi connectivity index (χ1v) is 6.47. The van der Waals surface area contributed by atoms with E-state index in [1.54, 1.807) is 6.07 Å². The van der Waals surface area contributed by atoms with Gasteiger partial charge in [0.1, 0.15) is 5.75 Å². The van der Waals surface area contributed by atoms with Crippen LogP contribution in [0.25, 0.3) is 0 Å². The number of benzene rings is 1. The van der Waals surface area contributed by atoms with Crippen molar-refractivity contribution in [3.8, 4) is 5.75 Å². The fraction of sp³-hybridized carbons (Fsp3) is 0.273. The number of amides is 2. The molecule has 0 radical (unpaired) electrons. The van der Waals surface area contributed by atoms with E-state index in [2.05, 4.69) is 10.6 Å². The van der Waals surface area contributed by atoms with Gasteiger partial charge in [0, 0.05) is 11.8 Å². The molecule has 1 aromatic rings. The van der Waals surface area contributed by atoms with Crippen LogP contribution in [0.2, 0.25) is 0 Å². The van der Waals surface area contributed by atoms with Crippen LogP contribution in [-0.4, -0.2) is 29.3 Å². The van der Waals surface area contributed by atoms with Gasteiger partial charge in [-0.2, -0.15) is 0 Å². The number of carbonyl (C=O) groups is 2. The van der Waals surface area contributed by atoms with Crippen molar-refractivity contribution in [1.29, 1.82) is 0 Å². The number of halogens is 3. The maximum Gasteiger partial charge on any atom is 0.276 e. The third kappa shape index (κ3) is 4.72. The quantitative estimate of drug-likeness (QED) is 0.730. The number of rotatable bonds is 4. The summed E-state index contributed by atoms with van der Waals surface area (Å²) in [6.07, 6.45) is 0. The van der Waals surface area contributed by atoms with E-state index < -0.39 is 9.70 Å². The summed E-state index contributed by atoms with van der Waals surface area (Å²) >= 11 is 16.4. The van der Waals surface area contributed by atoms with Crippen molar-refractivity contribution in [1.82, 2.24) is 0 Å². The van der Waals surface area contributed by atoms with Gasteiger partial charge in [-0.1, -0.05) is 34.8 Å². The van der Waals surface area contributed by atoms with Crippen molar-refractivity contribution in [2.75, 3.05) is 24.3 Å². The Kier molecular flexibility index (Phi) is 5.88. The Morgan fingerprint density at radius 1 is 1.30 bits per heavy atom. The van der Waals surface area contributed by atoms with Crippen LogP contribution in [-0.2, 0) is 9.59 Å². The topological polar surface area (TPSA) is 93.4 Å². The molecule has 0 spiro atoms. The van der Waals surface area contributed by atoms with Crippen molar-refractivity contribution in [2.45, 2.75) is 3.79 Å². The van der Waals surface area contributed by atoms with Gasteiger partial charge in [0.15, 0.2) is 0 Å². The normalized spacial score (nSPS) is 10.8. The fourth-order valence-corrected chi connectivity index (χ4v) is 1.42. The third-order valence-corrected chi connectivity index (χ3v) is 2.69. The number of methoxy groups -OCH3 is 1. The van der Waals surface area contributed by atoms with E-state index in [1.165, 1.54) is 19.2 Å². The smallest absolute Gasteiger partial charge is 0.276 e. The van der Waals surface area contributed by atoms with Crippen molar-refractivity contribution in [3.63, 3.8) is 0 Å².